The topological polar surface area (TPSA) is 70.2 Å². The van der Waals surface area contributed by atoms with Crippen LogP contribution in [0.4, 0.5) is 8.78 Å². The van der Waals surface area contributed by atoms with Crippen LogP contribution in [0, 0.1) is 0 Å². The first-order chi connectivity index (χ1) is 6.45. The molecule has 0 saturated carbocycles. The minimum Gasteiger partial charge on any atom is -0.503 e. The fourth-order valence-corrected chi connectivity index (χ4v) is 1.06. The Morgan fingerprint density at radius 3 is 2.57 bits per heavy atom. The first-order valence-corrected chi connectivity index (χ1v) is 3.75. The average Bonchev–Trinajstić information content (AvgIpc) is 2.08. The van der Waals surface area contributed by atoms with Crippen molar-refractivity contribution >= 4 is 16.8 Å². The molecule has 76 valence electrons. The van der Waals surface area contributed by atoms with Gasteiger partial charge in [-0.05, 0) is 11.6 Å². The summed E-state index contributed by atoms with van der Waals surface area (Å²) >= 11 is 4.95. The molecule has 0 bridgehead atoms. The van der Waals surface area contributed by atoms with Gasteiger partial charge in [0.2, 0.25) is 5.43 Å². The van der Waals surface area contributed by atoms with Crippen molar-refractivity contribution in [3.05, 3.63) is 27.7 Å². The molecule has 1 aromatic rings. The van der Waals surface area contributed by atoms with Gasteiger partial charge in [-0.1, -0.05) is 0 Å². The molecule has 1 rings (SSSR count). The molecule has 0 aromatic carbocycles. The smallest absolute Gasteiger partial charge is 0.269 e. The van der Waals surface area contributed by atoms with Crippen molar-refractivity contribution in [2.75, 3.05) is 0 Å². The Labute approximate surface area is 81.1 Å². The van der Waals surface area contributed by atoms with Crippen molar-refractivity contribution < 1.29 is 18.7 Å². The molecule has 0 aliphatic heterocycles. The number of alkyl halides is 2. The van der Waals surface area contributed by atoms with E-state index in [2.05, 4.69) is 0 Å². The lowest BCUT2D eigenvalue weighted by molar-refractivity contribution is 0.105. The molecule has 0 spiro atoms. The predicted molar refractivity (Wildman–Crippen MR) is 43.9 cm³/mol. The van der Waals surface area contributed by atoms with Gasteiger partial charge in [-0.25, -0.2) is 8.78 Å². The Morgan fingerprint density at radius 2 is 2.14 bits per heavy atom. The normalized spacial score (nSPS) is 10.6. The molecule has 0 amide bonds. The van der Waals surface area contributed by atoms with E-state index in [1.54, 1.807) is 0 Å². The molecule has 0 fully saturated rings. The van der Waals surface area contributed by atoms with Crippen LogP contribution < -0.4 is 5.43 Å². The summed E-state index contributed by atoms with van der Waals surface area (Å²) in [6, 6.07) is 0. The van der Waals surface area contributed by atoms with E-state index in [9.17, 15) is 18.4 Å². The highest BCUT2D eigenvalue weighted by atomic mass is 35.5. The minimum absolute atomic E-state index is 0.704. The number of aromatic amines is 1. The van der Waals surface area contributed by atoms with E-state index in [4.69, 9.17) is 16.7 Å². The van der Waals surface area contributed by atoms with Crippen LogP contribution in [0.15, 0.2) is 11.0 Å². The Morgan fingerprint density at radius 1 is 1.57 bits per heavy atom. The standard InChI is InChI=1S/C7H4ClF2NO3/c8-6(14)4-3(7(9)10)5(13)2(12)1-11-4/h1,7,12H,(H,11,13). The van der Waals surface area contributed by atoms with E-state index >= 15 is 0 Å². The maximum Gasteiger partial charge on any atom is 0.269 e. The van der Waals surface area contributed by atoms with E-state index < -0.39 is 34.1 Å². The second-order valence-electron chi connectivity index (χ2n) is 2.37. The lowest BCUT2D eigenvalue weighted by Gasteiger charge is -2.03. The first-order valence-electron chi connectivity index (χ1n) is 3.37. The Bertz CT molecular complexity index is 429. The van der Waals surface area contributed by atoms with Crippen LogP contribution in [-0.4, -0.2) is 15.3 Å². The highest BCUT2D eigenvalue weighted by Crippen LogP contribution is 2.20. The molecular weight excluding hydrogens is 220 g/mol. The summed E-state index contributed by atoms with van der Waals surface area (Å²) in [7, 11) is 0. The van der Waals surface area contributed by atoms with Crippen molar-refractivity contribution in [1.29, 1.82) is 0 Å². The van der Waals surface area contributed by atoms with Crippen LogP contribution in [0.3, 0.4) is 0 Å². The van der Waals surface area contributed by atoms with Crippen LogP contribution >= 0.6 is 11.6 Å². The van der Waals surface area contributed by atoms with E-state index in [0.29, 0.717) is 0 Å². The van der Waals surface area contributed by atoms with Crippen molar-refractivity contribution in [1.82, 2.24) is 4.98 Å². The van der Waals surface area contributed by atoms with Crippen LogP contribution in [0.2, 0.25) is 0 Å². The predicted octanol–water partition coefficient (Wildman–Crippen LogP) is 1.40. The van der Waals surface area contributed by atoms with Gasteiger partial charge in [-0.15, -0.1) is 0 Å². The van der Waals surface area contributed by atoms with Gasteiger partial charge in [0.05, 0.1) is 5.56 Å². The second-order valence-corrected chi connectivity index (χ2v) is 2.71. The quantitative estimate of drug-likeness (QED) is 0.745. The monoisotopic (exact) mass is 223 g/mol. The van der Waals surface area contributed by atoms with Gasteiger partial charge in [0.1, 0.15) is 5.69 Å². The third-order valence-electron chi connectivity index (χ3n) is 1.51. The average molecular weight is 224 g/mol. The molecule has 1 heterocycles. The number of halogens is 3. The molecule has 7 heteroatoms. The summed E-state index contributed by atoms with van der Waals surface area (Å²) < 4.78 is 24.6. The van der Waals surface area contributed by atoms with E-state index in [0.717, 1.165) is 6.20 Å². The number of carbonyl (C=O) groups excluding carboxylic acids is 1. The van der Waals surface area contributed by atoms with E-state index in [1.165, 1.54) is 0 Å². The van der Waals surface area contributed by atoms with Crippen molar-refractivity contribution in [3.63, 3.8) is 0 Å². The molecule has 4 nitrogen and oxygen atoms in total. The number of pyridine rings is 1. The van der Waals surface area contributed by atoms with Crippen LogP contribution in [-0.2, 0) is 0 Å². The van der Waals surface area contributed by atoms with Gasteiger partial charge >= 0.3 is 0 Å². The van der Waals surface area contributed by atoms with Crippen LogP contribution in [0.1, 0.15) is 22.5 Å². The fraction of sp³-hybridized carbons (Fsp3) is 0.143. The number of aromatic hydroxyl groups is 1. The number of nitrogens with one attached hydrogen (secondary N) is 1. The zero-order valence-corrected chi connectivity index (χ0v) is 7.31. The molecular formula is C7H4ClF2NO3. The first kappa shape index (κ1) is 10.6. The molecule has 14 heavy (non-hydrogen) atoms. The summed E-state index contributed by atoms with van der Waals surface area (Å²) in [6.45, 7) is 0. The largest absolute Gasteiger partial charge is 0.503 e. The van der Waals surface area contributed by atoms with Crippen molar-refractivity contribution in [2.24, 2.45) is 0 Å². The molecule has 0 atom stereocenters. The molecule has 0 radical (unpaired) electrons. The van der Waals surface area contributed by atoms with Crippen LogP contribution in [0.25, 0.3) is 0 Å². The highest BCUT2D eigenvalue weighted by Gasteiger charge is 2.23. The third kappa shape index (κ3) is 1.74. The fourth-order valence-electron chi connectivity index (χ4n) is 0.906. The molecule has 0 aliphatic rings. The summed E-state index contributed by atoms with van der Waals surface area (Å²) in [5.41, 5.74) is -3.13. The molecule has 1 aromatic heterocycles. The SMILES string of the molecule is O=C(Cl)c1[nH]cc(O)c(=O)c1C(F)F. The lowest BCUT2D eigenvalue weighted by Crippen LogP contribution is -2.15. The lowest BCUT2D eigenvalue weighted by atomic mass is 10.2. The van der Waals surface area contributed by atoms with E-state index in [1.807, 2.05) is 4.98 Å². The number of rotatable bonds is 2. The number of H-pyrrole nitrogens is 1. The molecule has 0 saturated heterocycles. The van der Waals surface area contributed by atoms with Gasteiger partial charge < -0.3 is 10.1 Å². The number of carbonyl (C=O) groups is 1. The molecule has 0 aliphatic carbocycles. The Kier molecular flexibility index (Phi) is 2.85. The van der Waals surface area contributed by atoms with E-state index in [-0.39, 0.29) is 0 Å². The molecule has 2 N–H and O–H groups in total. The van der Waals surface area contributed by atoms with Crippen molar-refractivity contribution in [3.8, 4) is 5.75 Å². The number of hydrogen-bond acceptors (Lipinski definition) is 3. The Hall–Kier alpha value is -1.43. The summed E-state index contributed by atoms with van der Waals surface area (Å²) in [6.07, 6.45) is -2.45. The highest BCUT2D eigenvalue weighted by molar-refractivity contribution is 6.67. The van der Waals surface area contributed by atoms with Gasteiger partial charge in [-0.2, -0.15) is 0 Å². The van der Waals surface area contributed by atoms with Crippen LogP contribution in [0.5, 0.6) is 5.75 Å². The summed E-state index contributed by atoms with van der Waals surface area (Å²) in [4.78, 5) is 23.6. The second kappa shape index (κ2) is 3.75. The van der Waals surface area contributed by atoms with Gasteiger partial charge in [0.15, 0.2) is 5.75 Å². The van der Waals surface area contributed by atoms with Gasteiger partial charge in [0, 0.05) is 6.20 Å². The summed E-state index contributed by atoms with van der Waals surface area (Å²) in [5.74, 6) is -0.887. The molecule has 0 unspecified atom stereocenters. The maximum absolute atomic E-state index is 12.3. The minimum atomic E-state index is -3.18. The number of hydrogen-bond donors (Lipinski definition) is 2. The van der Waals surface area contributed by atoms with Crippen molar-refractivity contribution in [2.45, 2.75) is 6.43 Å². The number of aromatic nitrogens is 1. The summed E-state index contributed by atoms with van der Waals surface area (Å²) in [5, 5.41) is 7.61. The zero-order valence-electron chi connectivity index (χ0n) is 6.55. The third-order valence-corrected chi connectivity index (χ3v) is 1.70. The van der Waals surface area contributed by atoms with Gasteiger partial charge in [0.25, 0.3) is 11.7 Å². The zero-order chi connectivity index (χ0) is 10.9. The Balaban J connectivity index is 3.54. The maximum atomic E-state index is 12.3. The van der Waals surface area contributed by atoms with Gasteiger partial charge in [-0.3, -0.25) is 9.59 Å².